The Morgan fingerprint density at radius 2 is 0.545 bits per heavy atom. The molecule has 0 saturated carbocycles. The van der Waals surface area contributed by atoms with E-state index in [2.05, 4.69) is 37.9 Å². The lowest BCUT2D eigenvalue weighted by Crippen LogP contribution is -2.50. The van der Waals surface area contributed by atoms with E-state index in [1.807, 2.05) is 6.92 Å². The number of ether oxygens (including phenoxy) is 9. The fourth-order valence-corrected chi connectivity index (χ4v) is 5.60. The van der Waals surface area contributed by atoms with Crippen LogP contribution < -0.4 is 0 Å². The second kappa shape index (κ2) is 49.1. The second-order valence-electron chi connectivity index (χ2n) is 18.6. The number of carbonyl (C=O) groups is 8. The van der Waals surface area contributed by atoms with Crippen molar-refractivity contribution in [3.8, 4) is 0 Å². The van der Waals surface area contributed by atoms with Crippen LogP contribution in [0.1, 0.15) is 151 Å². The molecular weight excluding hydrogens is 1540 g/mol. The van der Waals surface area contributed by atoms with Gasteiger partial charge in [0.25, 0.3) is 0 Å². The molecule has 0 aromatic heterocycles. The van der Waals surface area contributed by atoms with Crippen molar-refractivity contribution >= 4 is 98.3 Å². The van der Waals surface area contributed by atoms with Gasteiger partial charge in [-0.15, -0.1) is 0 Å². The van der Waals surface area contributed by atoms with Crippen molar-refractivity contribution in [3.63, 3.8) is 0 Å². The summed E-state index contributed by atoms with van der Waals surface area (Å²) in [5, 5.41) is -27.2. The van der Waals surface area contributed by atoms with E-state index < -0.39 is 207 Å². The third kappa shape index (κ3) is 40.2. The van der Waals surface area contributed by atoms with Gasteiger partial charge in [0, 0.05) is 0 Å². The van der Waals surface area contributed by atoms with Crippen molar-refractivity contribution < 1.29 is 207 Å². The van der Waals surface area contributed by atoms with Crippen molar-refractivity contribution in [2.24, 2.45) is 29.6 Å². The molecule has 0 N–H and O–H groups in total. The van der Waals surface area contributed by atoms with Crippen LogP contribution in [0, 0.1) is 29.6 Å². The lowest BCUT2D eigenvalue weighted by atomic mass is 10.1. The first-order valence-corrected chi connectivity index (χ1v) is 33.3. The predicted molar refractivity (Wildman–Crippen MR) is 312 cm³/mol. The highest BCUT2D eigenvalue weighted by molar-refractivity contribution is 7.88. The summed E-state index contributed by atoms with van der Waals surface area (Å²) in [6, 6.07) is 0. The van der Waals surface area contributed by atoms with E-state index in [-0.39, 0.29) is 68.9 Å². The van der Waals surface area contributed by atoms with Crippen molar-refractivity contribution in [2.45, 2.75) is 190 Å². The smallest absolute Gasteiger partial charge is 0.433 e. The van der Waals surface area contributed by atoms with Crippen LogP contribution in [0.5, 0.6) is 0 Å². The van der Waals surface area contributed by atoms with Gasteiger partial charge in [0.15, 0.2) is 57.2 Å². The molecule has 0 fully saturated rings. The van der Waals surface area contributed by atoms with Crippen LogP contribution in [-0.4, -0.2) is 204 Å². The molecule has 5 atom stereocenters. The molecule has 0 aliphatic rings. The van der Waals surface area contributed by atoms with E-state index in [0.717, 1.165) is 0 Å². The molecule has 0 saturated heterocycles. The molecule has 610 valence electrons. The Labute approximate surface area is 575 Å². The van der Waals surface area contributed by atoms with Crippen molar-refractivity contribution in [1.82, 2.24) is 0 Å². The molecule has 0 rings (SSSR count). The van der Waals surface area contributed by atoms with Gasteiger partial charge in [0.05, 0.1) is 49.4 Å². The zero-order valence-electron chi connectivity index (χ0n) is 51.4. The molecule has 0 heterocycles. The number of esters is 8. The maximum Gasteiger partial charge on any atom is 0.433 e. The highest BCUT2D eigenvalue weighted by Gasteiger charge is 2.64. The van der Waals surface area contributed by atoms with Gasteiger partial charge in [0.1, 0.15) is 19.8 Å². The Balaban J connectivity index is -0.000000127. The molecule has 0 spiro atoms. The van der Waals surface area contributed by atoms with Crippen LogP contribution in [0.15, 0.2) is 0 Å². The predicted octanol–water partition coefficient (Wildman–Crippen LogP) is 7.36. The van der Waals surface area contributed by atoms with E-state index in [1.165, 1.54) is 27.7 Å². The van der Waals surface area contributed by atoms with Gasteiger partial charge in [-0.25, -0.2) is 56.5 Å². The van der Waals surface area contributed by atoms with E-state index >= 15 is 0 Å². The first kappa shape index (κ1) is 116. The van der Waals surface area contributed by atoms with Gasteiger partial charge in [-0.2, -0.15) is 61.5 Å². The van der Waals surface area contributed by atoms with E-state index in [4.69, 9.17) is 4.74 Å². The van der Waals surface area contributed by atoms with E-state index in [0.29, 0.717) is 25.7 Å². The molecule has 0 aliphatic carbocycles. The van der Waals surface area contributed by atoms with Gasteiger partial charge in [-0.1, -0.05) is 106 Å². The van der Waals surface area contributed by atoms with Crippen LogP contribution in [0.4, 0.5) is 61.5 Å². The van der Waals surface area contributed by atoms with Gasteiger partial charge >= 0.3 is 86.1 Å². The van der Waals surface area contributed by atoms with Gasteiger partial charge in [0.2, 0.25) is 6.79 Å². The molecule has 51 heteroatoms. The fraction of sp³-hybridized carbons (Fsp3) is 0.840. The first-order chi connectivity index (χ1) is 42.8. The summed E-state index contributed by atoms with van der Waals surface area (Å²) in [6.45, 7) is 8.85. The minimum absolute atomic E-state index is 0. The van der Waals surface area contributed by atoms with Crippen molar-refractivity contribution in [3.05, 3.63) is 0 Å². The number of hydrogen-bond acceptors (Lipinski definition) is 32. The van der Waals surface area contributed by atoms with Crippen LogP contribution in [0.25, 0.3) is 0 Å². The topological polar surface area (TPSA) is 506 Å². The molecule has 0 aromatic rings. The van der Waals surface area contributed by atoms with Crippen LogP contribution in [0.2, 0.25) is 0 Å². The number of unbranched alkanes of at least 4 members (excludes halogenated alkanes) is 1. The molecule has 0 radical (unpaired) electrons. The zero-order chi connectivity index (χ0) is 77.5. The third-order valence-corrected chi connectivity index (χ3v) is 15.3. The number of halogens is 14. The Bertz CT molecular complexity index is 3110. The average molecular weight is 1620 g/mol. The lowest BCUT2D eigenvalue weighted by molar-refractivity contribution is -0.320. The third-order valence-electron chi connectivity index (χ3n) is 11.1. The van der Waals surface area contributed by atoms with Gasteiger partial charge < -0.3 is 65.4 Å². The van der Waals surface area contributed by atoms with Crippen LogP contribution in [-0.2, 0) is 132 Å². The molecule has 101 heavy (non-hydrogen) atoms. The van der Waals surface area contributed by atoms with Gasteiger partial charge in [-0.3, -0.25) is 24.0 Å². The Morgan fingerprint density at radius 1 is 0.317 bits per heavy atom. The molecule has 0 aromatic carbocycles. The Hall–Kier alpha value is -5.71. The average Bonchev–Trinajstić information content (AvgIpc) is 0.791. The number of hydrogen-bond donors (Lipinski definition) is 0. The summed E-state index contributed by atoms with van der Waals surface area (Å²) < 4.78 is 365. The van der Waals surface area contributed by atoms with Crippen molar-refractivity contribution in [2.75, 3.05) is 53.0 Å². The number of alkyl halides is 14. The monoisotopic (exact) mass is 1620 g/mol. The summed E-state index contributed by atoms with van der Waals surface area (Å²) in [6.07, 6.45) is -3.02. The van der Waals surface area contributed by atoms with Crippen molar-refractivity contribution in [1.29, 1.82) is 0 Å². The molecule has 5 unspecified atom stereocenters. The van der Waals surface area contributed by atoms with Crippen LogP contribution >= 0.6 is 0 Å². The summed E-state index contributed by atoms with van der Waals surface area (Å²) in [7, 11) is -31.6. The highest BCUT2D eigenvalue weighted by Crippen LogP contribution is 2.40. The first-order valence-electron chi connectivity index (χ1n) is 26.2. The quantitative estimate of drug-likeness (QED) is 0.0147. The molecule has 32 nitrogen and oxygen atoms in total. The SMILES string of the molecule is C.C.C.C.C.CCC(C)C(=O)OCC(F)(F)C(F)(F)S(=O)(=O)[O-].CCC(C)C(=O)OCCCCOC(=O)C(F)(F)S(=O)(=O)[O-].CCC(C)C(=O)OCCOC(=O)C(F)(F)S(=O)(=O)[O-].CCC(C)C(=O)OCCOC(F)(F)C(F)(F)S(=O)(=O)[O-].CCC(C)C(=O)OCOC(=O)C(F)(F)S(=O)(=O)[O-]. The maximum absolute atomic E-state index is 12.8. The van der Waals surface area contributed by atoms with E-state index in [1.54, 1.807) is 34.6 Å². The minimum Gasteiger partial charge on any atom is -0.743 e. The largest absolute Gasteiger partial charge is 0.743 e. The second-order valence-corrected chi connectivity index (χ2v) is 25.7. The Morgan fingerprint density at radius 3 is 0.822 bits per heavy atom. The number of rotatable bonds is 36. The zero-order valence-corrected chi connectivity index (χ0v) is 55.5. The summed E-state index contributed by atoms with van der Waals surface area (Å²) >= 11 is 0. The lowest BCUT2D eigenvalue weighted by Gasteiger charge is -2.28. The van der Waals surface area contributed by atoms with E-state index in [9.17, 15) is 165 Å². The summed E-state index contributed by atoms with van der Waals surface area (Å²) in [4.78, 5) is 87.4. The summed E-state index contributed by atoms with van der Waals surface area (Å²) in [5.74, 6) is -19.0. The highest BCUT2D eigenvalue weighted by atomic mass is 32.2. The normalized spacial score (nSPS) is 13.6. The maximum atomic E-state index is 12.8. The minimum atomic E-state index is -6.60. The standard InChI is InChI=1S/C11H18F2O7S.C9H14F4O6S.C9H14F2O7S.C8H12F4O5S.C8H12F2O7S.5CH4/c1-3-8(2)9(14)19-6-4-5-7-20-10(15)11(12,13)21(16,17)18;1-3-6(2)7(14)18-4-5-19-8(10,11)9(12,13)20(15,16)17;1-3-6(2)7(12)17-4-5-18-8(13)9(10,11)19(14,15)16;1-3-5(2)6(13)17-4-7(9,10)8(11,12)18(14,15)16;1-3-5(2)6(11)16-4-17-7(12)8(9,10)18(13,14)15;;;;;/h8H,3-7H2,1-2H3,(H,16,17,18);6H,3-5H2,1-2H3,(H,15,16,17);6H,3-5H2,1-2H3,(H,14,15,16);5H,3-4H2,1-2H3,(H,14,15,16);5H,3-4H2,1-2H3,(H,13,14,15);5*1H4/p-5. The molecule has 0 aliphatic heterocycles. The van der Waals surface area contributed by atoms with Crippen LogP contribution in [0.3, 0.4) is 0 Å². The number of carbonyl (C=O) groups excluding carboxylic acids is 8. The molecule has 0 amide bonds. The van der Waals surface area contributed by atoms with Gasteiger partial charge in [-0.05, 0) is 44.9 Å². The molecule has 0 bridgehead atoms. The fourth-order valence-electron chi connectivity index (χ4n) is 4.03. The Kier molecular flexibility index (Phi) is 56.6. The summed E-state index contributed by atoms with van der Waals surface area (Å²) in [5.41, 5.74) is 0. The molecular formula is C50H85F14O32S5-5.